The van der Waals surface area contributed by atoms with Gasteiger partial charge >= 0.3 is 12.0 Å². The largest absolute Gasteiger partial charge is 0.508 e. The predicted octanol–water partition coefficient (Wildman–Crippen LogP) is 0.412. The first-order chi connectivity index (χ1) is 9.97. The Morgan fingerprint density at radius 3 is 2.38 bits per heavy atom. The Labute approximate surface area is 122 Å². The van der Waals surface area contributed by atoms with Crippen molar-refractivity contribution >= 4 is 12.0 Å². The minimum Gasteiger partial charge on any atom is -0.508 e. The average molecular weight is 296 g/mol. The normalized spacial score (nSPS) is 11.7. The number of carbonyl (C=O) groups is 2. The minimum absolute atomic E-state index is 0.0924. The molecule has 7 nitrogen and oxygen atoms in total. The first-order valence-electron chi connectivity index (χ1n) is 6.65. The molecule has 0 aliphatic rings. The molecule has 0 aromatic heterocycles. The van der Waals surface area contributed by atoms with E-state index in [0.29, 0.717) is 12.1 Å². The summed E-state index contributed by atoms with van der Waals surface area (Å²) in [6.07, 6.45) is 0.109. The average Bonchev–Trinajstić information content (AvgIpc) is 2.45. The maximum atomic E-state index is 11.9. The van der Waals surface area contributed by atoms with Crippen molar-refractivity contribution in [2.24, 2.45) is 0 Å². The molecule has 0 aliphatic carbocycles. The third-order valence-corrected chi connectivity index (χ3v) is 3.01. The fraction of sp³-hybridized carbons (Fsp3) is 0.429. The Balaban J connectivity index is 2.71. The molecule has 1 aromatic rings. The second-order valence-electron chi connectivity index (χ2n) is 4.51. The van der Waals surface area contributed by atoms with Crippen LogP contribution in [-0.2, 0) is 11.2 Å². The van der Waals surface area contributed by atoms with Crippen molar-refractivity contribution in [1.29, 1.82) is 0 Å². The third-order valence-electron chi connectivity index (χ3n) is 3.01. The van der Waals surface area contributed by atoms with Gasteiger partial charge in [0.15, 0.2) is 0 Å². The van der Waals surface area contributed by atoms with Crippen molar-refractivity contribution in [1.82, 2.24) is 10.2 Å². The van der Waals surface area contributed by atoms with Gasteiger partial charge in [-0.3, -0.25) is 0 Å². The van der Waals surface area contributed by atoms with Gasteiger partial charge in [0.05, 0.1) is 6.61 Å². The molecule has 0 spiro atoms. The third kappa shape index (κ3) is 5.31. The standard InChI is InChI=1S/C14H20N2O5/c1-2-16(7-8-17)14(21)15-12(13(19)20)9-10-3-5-11(18)6-4-10/h3-6,12,17-18H,2,7-9H2,1H3,(H,15,21)(H,19,20)/t12-/m1/s1. The topological polar surface area (TPSA) is 110 Å². The van der Waals surface area contributed by atoms with E-state index in [4.69, 9.17) is 5.11 Å². The van der Waals surface area contributed by atoms with E-state index in [-0.39, 0.29) is 25.3 Å². The van der Waals surface area contributed by atoms with Crippen LogP contribution in [0.5, 0.6) is 5.75 Å². The van der Waals surface area contributed by atoms with E-state index in [9.17, 15) is 19.8 Å². The lowest BCUT2D eigenvalue weighted by Crippen LogP contribution is -2.49. The number of nitrogens with zero attached hydrogens (tertiary/aromatic N) is 1. The number of phenolic OH excluding ortho intramolecular Hbond substituents is 1. The van der Waals surface area contributed by atoms with Gasteiger partial charge in [0.2, 0.25) is 0 Å². The highest BCUT2D eigenvalue weighted by atomic mass is 16.4. The lowest BCUT2D eigenvalue weighted by Gasteiger charge is -2.23. The number of likely N-dealkylation sites (N-methyl/N-ethyl adjacent to an activating group) is 1. The van der Waals surface area contributed by atoms with Crippen molar-refractivity contribution in [3.8, 4) is 5.75 Å². The molecule has 1 aromatic carbocycles. The number of hydrogen-bond donors (Lipinski definition) is 4. The lowest BCUT2D eigenvalue weighted by atomic mass is 10.1. The summed E-state index contributed by atoms with van der Waals surface area (Å²) in [5.41, 5.74) is 0.686. The Hall–Kier alpha value is -2.28. The molecule has 0 bridgehead atoms. The molecular formula is C14H20N2O5. The maximum Gasteiger partial charge on any atom is 0.326 e. The SMILES string of the molecule is CCN(CCO)C(=O)N[C@H](Cc1ccc(O)cc1)C(=O)O. The number of hydrogen-bond acceptors (Lipinski definition) is 4. The zero-order valence-electron chi connectivity index (χ0n) is 11.8. The minimum atomic E-state index is -1.14. The fourth-order valence-corrected chi connectivity index (χ4v) is 1.83. The number of phenols is 1. The summed E-state index contributed by atoms with van der Waals surface area (Å²) in [4.78, 5) is 24.5. The molecule has 0 radical (unpaired) electrons. The smallest absolute Gasteiger partial charge is 0.326 e. The van der Waals surface area contributed by atoms with Crippen LogP contribution in [0.4, 0.5) is 4.79 Å². The number of amides is 2. The van der Waals surface area contributed by atoms with Gasteiger partial charge in [-0.25, -0.2) is 9.59 Å². The second-order valence-corrected chi connectivity index (χ2v) is 4.51. The highest BCUT2D eigenvalue weighted by Gasteiger charge is 2.22. The molecule has 0 fully saturated rings. The predicted molar refractivity (Wildman–Crippen MR) is 76.1 cm³/mol. The highest BCUT2D eigenvalue weighted by Crippen LogP contribution is 2.11. The number of benzene rings is 1. The number of urea groups is 1. The van der Waals surface area contributed by atoms with Crippen LogP contribution in [-0.4, -0.2) is 58.0 Å². The summed E-state index contributed by atoms with van der Waals surface area (Å²) in [5.74, 6) is -1.05. The van der Waals surface area contributed by atoms with E-state index >= 15 is 0 Å². The van der Waals surface area contributed by atoms with E-state index in [1.165, 1.54) is 17.0 Å². The van der Waals surface area contributed by atoms with E-state index < -0.39 is 18.0 Å². The van der Waals surface area contributed by atoms with Crippen molar-refractivity contribution < 1.29 is 24.9 Å². The molecule has 1 atom stereocenters. The van der Waals surface area contributed by atoms with Crippen molar-refractivity contribution in [2.75, 3.05) is 19.7 Å². The van der Waals surface area contributed by atoms with Crippen LogP contribution in [0.1, 0.15) is 12.5 Å². The molecule has 1 rings (SSSR count). The van der Waals surface area contributed by atoms with Gasteiger partial charge in [0, 0.05) is 19.5 Å². The number of nitrogens with one attached hydrogen (secondary N) is 1. The lowest BCUT2D eigenvalue weighted by molar-refractivity contribution is -0.139. The number of aliphatic carboxylic acids is 1. The number of rotatable bonds is 7. The monoisotopic (exact) mass is 296 g/mol. The zero-order chi connectivity index (χ0) is 15.8. The van der Waals surface area contributed by atoms with E-state index in [2.05, 4.69) is 5.32 Å². The number of aliphatic hydroxyl groups excluding tert-OH is 1. The molecular weight excluding hydrogens is 276 g/mol. The quantitative estimate of drug-likeness (QED) is 0.582. The summed E-state index contributed by atoms with van der Waals surface area (Å²) >= 11 is 0. The highest BCUT2D eigenvalue weighted by molar-refractivity contribution is 5.82. The van der Waals surface area contributed by atoms with Crippen LogP contribution < -0.4 is 5.32 Å². The Bertz CT molecular complexity index is 475. The summed E-state index contributed by atoms with van der Waals surface area (Å²) in [6.45, 7) is 2.08. The van der Waals surface area contributed by atoms with Crippen molar-refractivity contribution in [2.45, 2.75) is 19.4 Å². The molecule has 2 amide bonds. The van der Waals surface area contributed by atoms with Gasteiger partial charge in [0.25, 0.3) is 0 Å². The fourth-order valence-electron chi connectivity index (χ4n) is 1.83. The van der Waals surface area contributed by atoms with E-state index in [0.717, 1.165) is 0 Å². The van der Waals surface area contributed by atoms with Crippen molar-refractivity contribution in [3.05, 3.63) is 29.8 Å². The summed E-state index contributed by atoms with van der Waals surface area (Å²) in [5, 5.41) is 29.7. The zero-order valence-corrected chi connectivity index (χ0v) is 11.8. The Morgan fingerprint density at radius 2 is 1.90 bits per heavy atom. The number of carbonyl (C=O) groups excluding carboxylic acids is 1. The number of carboxylic acid groups (broad SMARTS) is 1. The van der Waals surface area contributed by atoms with Crippen LogP contribution in [0.3, 0.4) is 0 Å². The van der Waals surface area contributed by atoms with Crippen LogP contribution in [0, 0.1) is 0 Å². The van der Waals surface area contributed by atoms with Crippen molar-refractivity contribution in [3.63, 3.8) is 0 Å². The maximum absolute atomic E-state index is 11.9. The second kappa shape index (κ2) is 8.11. The number of aromatic hydroxyl groups is 1. The first-order valence-corrected chi connectivity index (χ1v) is 6.65. The van der Waals surface area contributed by atoms with Crippen LogP contribution >= 0.6 is 0 Å². The first kappa shape index (κ1) is 16.8. The van der Waals surface area contributed by atoms with Gasteiger partial charge in [-0.05, 0) is 24.6 Å². The summed E-state index contributed by atoms with van der Waals surface area (Å²) in [6, 6.07) is 4.51. The molecule has 0 unspecified atom stereocenters. The van der Waals surface area contributed by atoms with Gasteiger partial charge in [-0.2, -0.15) is 0 Å². The Kier molecular flexibility index (Phi) is 6.48. The molecule has 0 heterocycles. The molecule has 0 saturated carbocycles. The van der Waals surface area contributed by atoms with Gasteiger partial charge in [0.1, 0.15) is 11.8 Å². The van der Waals surface area contributed by atoms with E-state index in [1.54, 1.807) is 19.1 Å². The molecule has 0 aliphatic heterocycles. The summed E-state index contributed by atoms with van der Waals surface area (Å²) < 4.78 is 0. The number of carboxylic acids is 1. The molecule has 4 N–H and O–H groups in total. The molecule has 0 saturated heterocycles. The number of aliphatic hydroxyl groups is 1. The van der Waals surface area contributed by atoms with Gasteiger partial charge in [-0.15, -0.1) is 0 Å². The summed E-state index contributed by atoms with van der Waals surface area (Å²) in [7, 11) is 0. The van der Waals surface area contributed by atoms with E-state index in [1.807, 2.05) is 0 Å². The molecule has 7 heteroatoms. The van der Waals surface area contributed by atoms with Gasteiger partial charge in [-0.1, -0.05) is 12.1 Å². The van der Waals surface area contributed by atoms with Gasteiger partial charge < -0.3 is 25.5 Å². The molecule has 116 valence electrons. The molecule has 21 heavy (non-hydrogen) atoms. The Morgan fingerprint density at radius 1 is 1.29 bits per heavy atom. The van der Waals surface area contributed by atoms with Crippen LogP contribution in [0.2, 0.25) is 0 Å². The van der Waals surface area contributed by atoms with Crippen LogP contribution in [0.25, 0.3) is 0 Å². The van der Waals surface area contributed by atoms with Crippen LogP contribution in [0.15, 0.2) is 24.3 Å².